The van der Waals surface area contributed by atoms with E-state index in [1.165, 1.54) is 38.5 Å². The Morgan fingerprint density at radius 1 is 1.14 bits per heavy atom. The Balaban J connectivity index is 1.67. The van der Waals surface area contributed by atoms with Crippen molar-refractivity contribution in [2.75, 3.05) is 7.05 Å². The van der Waals surface area contributed by atoms with Gasteiger partial charge in [-0.05, 0) is 48.0 Å². The Bertz CT molecular complexity index is 605. The first-order valence-electron chi connectivity index (χ1n) is 8.01. The molecule has 5 heteroatoms. The molecule has 22 heavy (non-hydrogen) atoms. The molecule has 0 unspecified atom stereocenters. The fourth-order valence-electron chi connectivity index (χ4n) is 3.10. The summed E-state index contributed by atoms with van der Waals surface area (Å²) in [5, 5.41) is 8.40. The Morgan fingerprint density at radius 2 is 1.86 bits per heavy atom. The lowest BCUT2D eigenvalue weighted by Gasteiger charge is -2.25. The number of aromatic nitrogens is 2. The molecule has 0 N–H and O–H groups in total. The lowest BCUT2D eigenvalue weighted by Crippen LogP contribution is -2.30. The van der Waals surface area contributed by atoms with Crippen LogP contribution < -0.4 is 0 Å². The van der Waals surface area contributed by atoms with Crippen LogP contribution in [-0.4, -0.2) is 28.2 Å². The van der Waals surface area contributed by atoms with E-state index in [4.69, 9.17) is 4.42 Å². The standard InChI is InChI=1S/C17H22BrN3O/c1-21(13-8-4-2-3-5-9-13)12-16-19-20-17(22-16)14-10-6-7-11-15(14)18/h6-7,10-11,13H,2-5,8-9,12H2,1H3. The van der Waals surface area contributed by atoms with E-state index in [0.717, 1.165) is 16.6 Å². The van der Waals surface area contributed by atoms with Gasteiger partial charge in [-0.3, -0.25) is 4.90 Å². The maximum Gasteiger partial charge on any atom is 0.248 e. The molecule has 1 heterocycles. The second-order valence-corrected chi connectivity index (χ2v) is 6.90. The minimum atomic E-state index is 0.580. The van der Waals surface area contributed by atoms with Crippen LogP contribution >= 0.6 is 15.9 Å². The van der Waals surface area contributed by atoms with Crippen molar-refractivity contribution in [2.24, 2.45) is 0 Å². The van der Waals surface area contributed by atoms with Gasteiger partial charge in [-0.15, -0.1) is 10.2 Å². The van der Waals surface area contributed by atoms with Crippen LogP contribution in [0.15, 0.2) is 33.2 Å². The minimum absolute atomic E-state index is 0.580. The highest BCUT2D eigenvalue weighted by Gasteiger charge is 2.19. The van der Waals surface area contributed by atoms with Gasteiger partial charge in [0.1, 0.15) is 0 Å². The summed E-state index contributed by atoms with van der Waals surface area (Å²) in [5.74, 6) is 1.27. The van der Waals surface area contributed by atoms with Gasteiger partial charge < -0.3 is 4.42 Å². The summed E-state index contributed by atoms with van der Waals surface area (Å²) in [5.41, 5.74) is 0.943. The first-order chi connectivity index (χ1) is 10.7. The third kappa shape index (κ3) is 3.76. The molecule has 0 atom stereocenters. The van der Waals surface area contributed by atoms with Crippen LogP contribution in [0.3, 0.4) is 0 Å². The zero-order valence-electron chi connectivity index (χ0n) is 13.0. The fourth-order valence-corrected chi connectivity index (χ4v) is 3.56. The summed E-state index contributed by atoms with van der Waals surface area (Å²) >= 11 is 3.53. The van der Waals surface area contributed by atoms with Crippen LogP contribution in [0, 0.1) is 0 Å². The number of nitrogens with zero attached hydrogens (tertiary/aromatic N) is 3. The van der Waals surface area contributed by atoms with Crippen LogP contribution in [0.25, 0.3) is 11.5 Å². The van der Waals surface area contributed by atoms with Crippen molar-refractivity contribution >= 4 is 15.9 Å². The van der Waals surface area contributed by atoms with Gasteiger partial charge in [0, 0.05) is 10.5 Å². The number of hydrogen-bond donors (Lipinski definition) is 0. The normalized spacial score (nSPS) is 16.9. The zero-order chi connectivity index (χ0) is 15.4. The molecule has 0 aliphatic heterocycles. The summed E-state index contributed by atoms with van der Waals surface area (Å²) in [4.78, 5) is 2.36. The molecule has 0 saturated heterocycles. The lowest BCUT2D eigenvalue weighted by molar-refractivity contribution is 0.195. The van der Waals surface area contributed by atoms with Crippen molar-refractivity contribution in [1.82, 2.24) is 15.1 Å². The van der Waals surface area contributed by atoms with E-state index in [2.05, 4.69) is 38.1 Å². The van der Waals surface area contributed by atoms with Crippen molar-refractivity contribution < 1.29 is 4.42 Å². The molecule has 1 aliphatic rings. The predicted octanol–water partition coefficient (Wildman–Crippen LogP) is 4.65. The second-order valence-electron chi connectivity index (χ2n) is 6.04. The highest BCUT2D eigenvalue weighted by atomic mass is 79.9. The molecule has 1 saturated carbocycles. The van der Waals surface area contributed by atoms with Crippen LogP contribution in [-0.2, 0) is 6.54 Å². The smallest absolute Gasteiger partial charge is 0.248 e. The molecule has 1 fully saturated rings. The summed E-state index contributed by atoms with van der Waals surface area (Å²) < 4.78 is 6.82. The van der Waals surface area contributed by atoms with Crippen LogP contribution in [0.4, 0.5) is 0 Å². The Hall–Kier alpha value is -1.20. The van der Waals surface area contributed by atoms with E-state index in [9.17, 15) is 0 Å². The van der Waals surface area contributed by atoms with E-state index in [1.807, 2.05) is 24.3 Å². The summed E-state index contributed by atoms with van der Waals surface area (Å²) in [6.07, 6.45) is 7.97. The average molecular weight is 364 g/mol. The lowest BCUT2D eigenvalue weighted by atomic mass is 10.1. The molecule has 0 amide bonds. The summed E-state index contributed by atoms with van der Waals surface area (Å²) in [6, 6.07) is 8.56. The topological polar surface area (TPSA) is 42.2 Å². The first kappa shape index (κ1) is 15.7. The van der Waals surface area contributed by atoms with Crippen molar-refractivity contribution in [1.29, 1.82) is 0 Å². The third-order valence-electron chi connectivity index (χ3n) is 4.40. The van der Waals surface area contributed by atoms with Gasteiger partial charge in [-0.2, -0.15) is 0 Å². The van der Waals surface area contributed by atoms with E-state index in [-0.39, 0.29) is 0 Å². The predicted molar refractivity (Wildman–Crippen MR) is 90.4 cm³/mol. The van der Waals surface area contributed by atoms with Crippen molar-refractivity contribution in [2.45, 2.75) is 51.1 Å². The molecular weight excluding hydrogens is 342 g/mol. The number of benzene rings is 1. The molecule has 0 spiro atoms. The van der Waals surface area contributed by atoms with Gasteiger partial charge in [0.2, 0.25) is 11.8 Å². The molecule has 1 aromatic heterocycles. The van der Waals surface area contributed by atoms with Crippen molar-refractivity contribution in [3.63, 3.8) is 0 Å². The number of hydrogen-bond acceptors (Lipinski definition) is 4. The maximum absolute atomic E-state index is 5.85. The molecule has 4 nitrogen and oxygen atoms in total. The largest absolute Gasteiger partial charge is 0.419 e. The van der Waals surface area contributed by atoms with Crippen LogP contribution in [0.2, 0.25) is 0 Å². The minimum Gasteiger partial charge on any atom is -0.419 e. The van der Waals surface area contributed by atoms with Gasteiger partial charge >= 0.3 is 0 Å². The van der Waals surface area contributed by atoms with E-state index in [0.29, 0.717) is 17.8 Å². The van der Waals surface area contributed by atoms with E-state index in [1.54, 1.807) is 0 Å². The molecular formula is C17H22BrN3O. The molecule has 2 aromatic rings. The Morgan fingerprint density at radius 3 is 2.59 bits per heavy atom. The van der Waals surface area contributed by atoms with Gasteiger partial charge in [0.05, 0.1) is 12.1 Å². The molecule has 0 radical (unpaired) electrons. The van der Waals surface area contributed by atoms with Crippen LogP contribution in [0.1, 0.15) is 44.4 Å². The fraction of sp³-hybridized carbons (Fsp3) is 0.529. The van der Waals surface area contributed by atoms with Crippen molar-refractivity contribution in [3.05, 3.63) is 34.6 Å². The molecule has 118 valence electrons. The van der Waals surface area contributed by atoms with E-state index >= 15 is 0 Å². The summed E-state index contributed by atoms with van der Waals surface area (Å²) in [7, 11) is 2.16. The Kier molecular flexibility index (Phi) is 5.26. The second kappa shape index (κ2) is 7.38. The monoisotopic (exact) mass is 363 g/mol. The van der Waals surface area contributed by atoms with Crippen molar-refractivity contribution in [3.8, 4) is 11.5 Å². The van der Waals surface area contributed by atoms with Gasteiger partial charge in [-0.25, -0.2) is 0 Å². The van der Waals surface area contributed by atoms with Crippen LogP contribution in [0.5, 0.6) is 0 Å². The first-order valence-corrected chi connectivity index (χ1v) is 8.81. The third-order valence-corrected chi connectivity index (χ3v) is 5.10. The molecule has 1 aromatic carbocycles. The number of rotatable bonds is 4. The average Bonchev–Trinajstić information content (AvgIpc) is 2.81. The molecule has 1 aliphatic carbocycles. The van der Waals surface area contributed by atoms with Gasteiger partial charge in [-0.1, -0.05) is 37.8 Å². The quantitative estimate of drug-likeness (QED) is 0.741. The zero-order valence-corrected chi connectivity index (χ0v) is 14.6. The number of halogens is 1. The SMILES string of the molecule is CN(Cc1nnc(-c2ccccc2Br)o1)C1CCCCCC1. The molecule has 3 rings (SSSR count). The summed E-state index contributed by atoms with van der Waals surface area (Å²) in [6.45, 7) is 0.724. The highest BCUT2D eigenvalue weighted by molar-refractivity contribution is 9.10. The highest BCUT2D eigenvalue weighted by Crippen LogP contribution is 2.27. The van der Waals surface area contributed by atoms with E-state index < -0.39 is 0 Å². The Labute approximate surface area is 140 Å². The van der Waals surface area contributed by atoms with Gasteiger partial charge in [0.25, 0.3) is 0 Å². The maximum atomic E-state index is 5.85. The molecule has 0 bridgehead atoms. The van der Waals surface area contributed by atoms with Gasteiger partial charge in [0.15, 0.2) is 0 Å².